The van der Waals surface area contributed by atoms with Crippen LogP contribution in [0.5, 0.6) is 0 Å². The summed E-state index contributed by atoms with van der Waals surface area (Å²) >= 11 is 0. The van der Waals surface area contributed by atoms with E-state index in [1.165, 1.54) is 0 Å². The quantitative estimate of drug-likeness (QED) is 0.681. The van der Waals surface area contributed by atoms with E-state index in [0.29, 0.717) is 26.2 Å². The minimum atomic E-state index is -0.546. The first-order valence-electron chi connectivity index (χ1n) is 8.88. The Balaban J connectivity index is 1.41. The number of rotatable bonds is 2. The molecule has 0 aliphatic carbocycles. The molecule has 2 bridgehead atoms. The van der Waals surface area contributed by atoms with Crippen LogP contribution in [0.1, 0.15) is 36.5 Å². The number of anilines is 1. The maximum Gasteiger partial charge on any atom is 0.311 e. The molecule has 4 rings (SSSR count). The molecule has 3 N–H and O–H groups in total. The lowest BCUT2D eigenvalue weighted by molar-refractivity contribution is -0.145. The highest BCUT2D eigenvalue weighted by Gasteiger charge is 2.36. The highest BCUT2D eigenvalue weighted by molar-refractivity contribution is 6.35. The average molecular weight is 345 g/mol. The van der Waals surface area contributed by atoms with Gasteiger partial charge in [-0.25, -0.2) is 0 Å². The lowest BCUT2D eigenvalue weighted by Gasteiger charge is -2.40. The summed E-state index contributed by atoms with van der Waals surface area (Å²) in [5, 5.41) is 16.0. The van der Waals surface area contributed by atoms with Crippen molar-refractivity contribution in [1.29, 1.82) is 0 Å². The average Bonchev–Trinajstić information content (AvgIpc) is 3.17. The van der Waals surface area contributed by atoms with E-state index in [1.54, 1.807) is 4.90 Å². The molecule has 3 atom stereocenters. The Morgan fingerprint density at radius 2 is 2.12 bits per heavy atom. The summed E-state index contributed by atoms with van der Waals surface area (Å²) < 4.78 is 5.74. The van der Waals surface area contributed by atoms with Gasteiger partial charge in [-0.2, -0.15) is 0 Å². The second-order valence-corrected chi connectivity index (χ2v) is 6.98. The van der Waals surface area contributed by atoms with E-state index < -0.39 is 17.9 Å². The van der Waals surface area contributed by atoms with Crippen LogP contribution in [0.2, 0.25) is 0 Å². The Labute approximate surface area is 146 Å². The van der Waals surface area contributed by atoms with Crippen molar-refractivity contribution in [1.82, 2.24) is 10.2 Å². The zero-order valence-corrected chi connectivity index (χ0v) is 14.0. The molecule has 0 aromatic heterocycles. The number of carbonyl (C=O) groups is 2. The fraction of sp³-hybridized carbons (Fsp3) is 0.556. The molecule has 25 heavy (non-hydrogen) atoms. The van der Waals surface area contributed by atoms with Crippen molar-refractivity contribution >= 4 is 17.5 Å². The van der Waals surface area contributed by atoms with Crippen molar-refractivity contribution in [3.8, 4) is 0 Å². The van der Waals surface area contributed by atoms with Crippen LogP contribution in [-0.4, -0.2) is 53.7 Å². The Hall–Kier alpha value is -2.12. The van der Waals surface area contributed by atoms with E-state index in [9.17, 15) is 14.7 Å². The maximum absolute atomic E-state index is 12.0. The standard InChI is InChI=1S/C18H23N3O4/c22-15-10-25-16-8-14(15)20-13-4-3-11(7-12(13)16)9-19-17(23)18(24)21-5-1-2-6-21/h3-4,7,14-16,20,22H,1-2,5-6,8-10H2,(H,19,23)/t14-,15+,16-/m0/s1. The first-order valence-corrected chi connectivity index (χ1v) is 8.88. The molecule has 3 heterocycles. The number of nitrogens with one attached hydrogen (secondary N) is 2. The second-order valence-electron chi connectivity index (χ2n) is 6.98. The summed E-state index contributed by atoms with van der Waals surface area (Å²) in [5.74, 6) is -0.987. The van der Waals surface area contributed by atoms with Crippen molar-refractivity contribution in [2.45, 2.75) is 44.1 Å². The molecule has 134 valence electrons. The molecule has 2 saturated heterocycles. The SMILES string of the molecule is O=C(NCc1ccc2c(c1)[C@@H]1C[C@H](N2)[C@H](O)CO1)C(=O)N1CCCC1. The number of ether oxygens (including phenoxy) is 1. The number of fused-ring (bicyclic) bond motifs is 4. The van der Waals surface area contributed by atoms with Crippen molar-refractivity contribution in [3.05, 3.63) is 29.3 Å². The van der Waals surface area contributed by atoms with E-state index >= 15 is 0 Å². The molecule has 0 spiro atoms. The predicted octanol–water partition coefficient (Wildman–Crippen LogP) is 0.542. The number of likely N-dealkylation sites (tertiary alicyclic amines) is 1. The Bertz CT molecular complexity index is 687. The first-order chi connectivity index (χ1) is 12.1. The monoisotopic (exact) mass is 345 g/mol. The van der Waals surface area contributed by atoms with E-state index in [-0.39, 0.29) is 12.1 Å². The molecular weight excluding hydrogens is 322 g/mol. The molecule has 2 fully saturated rings. The summed E-state index contributed by atoms with van der Waals surface area (Å²) in [5.41, 5.74) is 2.93. The normalized spacial score (nSPS) is 27.4. The predicted molar refractivity (Wildman–Crippen MR) is 90.8 cm³/mol. The molecule has 2 amide bonds. The lowest BCUT2D eigenvalue weighted by Crippen LogP contribution is -2.46. The van der Waals surface area contributed by atoms with Crippen LogP contribution in [0, 0.1) is 0 Å². The van der Waals surface area contributed by atoms with Gasteiger partial charge in [0.1, 0.15) is 0 Å². The Kier molecular flexibility index (Phi) is 4.35. The second kappa shape index (κ2) is 6.65. The van der Waals surface area contributed by atoms with E-state index in [2.05, 4.69) is 10.6 Å². The number of nitrogens with zero attached hydrogens (tertiary/aromatic N) is 1. The van der Waals surface area contributed by atoms with Crippen LogP contribution in [0.4, 0.5) is 5.69 Å². The molecule has 3 aliphatic rings. The number of amides is 2. The van der Waals surface area contributed by atoms with Gasteiger partial charge in [-0.1, -0.05) is 6.07 Å². The van der Waals surface area contributed by atoms with Gasteiger partial charge < -0.3 is 25.4 Å². The van der Waals surface area contributed by atoms with Gasteiger partial charge in [0.15, 0.2) is 0 Å². The highest BCUT2D eigenvalue weighted by Crippen LogP contribution is 2.39. The van der Waals surface area contributed by atoms with Gasteiger partial charge in [-0.15, -0.1) is 0 Å². The molecule has 3 aliphatic heterocycles. The van der Waals surface area contributed by atoms with Gasteiger partial charge in [-0.3, -0.25) is 9.59 Å². The zero-order valence-electron chi connectivity index (χ0n) is 14.0. The van der Waals surface area contributed by atoms with E-state index in [4.69, 9.17) is 4.74 Å². The summed E-state index contributed by atoms with van der Waals surface area (Å²) in [4.78, 5) is 25.7. The molecule has 7 nitrogen and oxygen atoms in total. The van der Waals surface area contributed by atoms with E-state index in [0.717, 1.165) is 36.1 Å². The van der Waals surface area contributed by atoms with Gasteiger partial charge in [0.2, 0.25) is 0 Å². The number of hydrogen-bond acceptors (Lipinski definition) is 5. The van der Waals surface area contributed by atoms with Crippen LogP contribution in [0.25, 0.3) is 0 Å². The largest absolute Gasteiger partial charge is 0.389 e. The highest BCUT2D eigenvalue weighted by atomic mass is 16.5. The minimum absolute atomic E-state index is 0.0230. The number of aliphatic hydroxyl groups excluding tert-OH is 1. The molecule has 1 aromatic carbocycles. The molecule has 1 aromatic rings. The summed E-state index contributed by atoms with van der Waals surface area (Å²) in [7, 11) is 0. The maximum atomic E-state index is 12.0. The van der Waals surface area contributed by atoms with Gasteiger partial charge in [0.25, 0.3) is 0 Å². The topological polar surface area (TPSA) is 90.9 Å². The third-order valence-electron chi connectivity index (χ3n) is 5.24. The third kappa shape index (κ3) is 3.21. The van der Waals surface area contributed by atoms with Gasteiger partial charge in [0.05, 0.1) is 24.9 Å². The smallest absolute Gasteiger partial charge is 0.311 e. The summed E-state index contributed by atoms with van der Waals surface area (Å²) in [6, 6.07) is 5.89. The summed E-state index contributed by atoms with van der Waals surface area (Å²) in [6.45, 7) is 1.98. The van der Waals surface area contributed by atoms with Gasteiger partial charge in [-0.05, 0) is 30.5 Å². The van der Waals surface area contributed by atoms with Crippen LogP contribution in [-0.2, 0) is 20.9 Å². The van der Waals surface area contributed by atoms with Crippen molar-refractivity contribution in [2.75, 3.05) is 25.0 Å². The fourth-order valence-corrected chi connectivity index (χ4v) is 3.80. The van der Waals surface area contributed by atoms with E-state index in [1.807, 2.05) is 18.2 Å². The Morgan fingerprint density at radius 3 is 2.92 bits per heavy atom. The van der Waals surface area contributed by atoms with Crippen LogP contribution >= 0.6 is 0 Å². The van der Waals surface area contributed by atoms with Crippen molar-refractivity contribution in [3.63, 3.8) is 0 Å². The van der Waals surface area contributed by atoms with Crippen molar-refractivity contribution < 1.29 is 19.4 Å². The van der Waals surface area contributed by atoms with Crippen LogP contribution < -0.4 is 10.6 Å². The molecule has 0 unspecified atom stereocenters. The fourth-order valence-electron chi connectivity index (χ4n) is 3.80. The molecule has 7 heteroatoms. The number of aliphatic hydroxyl groups is 1. The molecular formula is C18H23N3O4. The van der Waals surface area contributed by atoms with Gasteiger partial charge >= 0.3 is 11.8 Å². The zero-order chi connectivity index (χ0) is 17.4. The van der Waals surface area contributed by atoms with Crippen molar-refractivity contribution in [2.24, 2.45) is 0 Å². The third-order valence-corrected chi connectivity index (χ3v) is 5.24. The number of carbonyl (C=O) groups excluding carboxylic acids is 2. The lowest BCUT2D eigenvalue weighted by atomic mass is 9.89. The number of hydrogen-bond donors (Lipinski definition) is 3. The molecule has 0 saturated carbocycles. The first kappa shape index (κ1) is 16.4. The number of benzene rings is 1. The summed E-state index contributed by atoms with van der Waals surface area (Å²) in [6.07, 6.45) is 2.14. The van der Waals surface area contributed by atoms with Gasteiger partial charge in [0, 0.05) is 37.3 Å². The van der Waals surface area contributed by atoms with Crippen LogP contribution in [0.15, 0.2) is 18.2 Å². The molecule has 0 radical (unpaired) electrons. The van der Waals surface area contributed by atoms with Crippen LogP contribution in [0.3, 0.4) is 0 Å². The Morgan fingerprint density at radius 1 is 1.32 bits per heavy atom. The minimum Gasteiger partial charge on any atom is -0.389 e.